The van der Waals surface area contributed by atoms with Gasteiger partial charge in [0.05, 0.1) is 11.7 Å². The van der Waals surface area contributed by atoms with Gasteiger partial charge in [-0.05, 0) is 43.2 Å². The van der Waals surface area contributed by atoms with Crippen LogP contribution in [-0.4, -0.2) is 64.4 Å². The molecule has 0 atom stereocenters. The molecule has 184 valence electrons. The van der Waals surface area contributed by atoms with Gasteiger partial charge in [0.2, 0.25) is 0 Å². The number of anilines is 4. The lowest BCUT2D eigenvalue weighted by Crippen LogP contribution is -2.44. The van der Waals surface area contributed by atoms with Gasteiger partial charge >= 0.3 is 0 Å². The summed E-state index contributed by atoms with van der Waals surface area (Å²) < 4.78 is 1.87. The lowest BCUT2D eigenvalue weighted by Gasteiger charge is -2.33. The number of phenolic OH excluding ortho intramolecular Hbond substituents is 1. The summed E-state index contributed by atoms with van der Waals surface area (Å²) in [5, 5.41) is 27.0. The Morgan fingerprint density at radius 3 is 2.20 bits per heavy atom. The van der Waals surface area contributed by atoms with Crippen molar-refractivity contribution in [3.8, 4) is 5.75 Å². The van der Waals surface area contributed by atoms with Gasteiger partial charge in [-0.1, -0.05) is 12.1 Å². The van der Waals surface area contributed by atoms with Crippen LogP contribution in [0.3, 0.4) is 0 Å². The molecule has 3 aromatic rings. The van der Waals surface area contributed by atoms with Gasteiger partial charge < -0.3 is 37.4 Å². The van der Waals surface area contributed by atoms with Gasteiger partial charge in [-0.15, -0.1) is 10.2 Å². The molecule has 2 aliphatic rings. The highest BCUT2D eigenvalue weighted by atomic mass is 16.3. The molecule has 2 aromatic heterocycles. The van der Waals surface area contributed by atoms with E-state index in [0.717, 1.165) is 63.7 Å². The highest BCUT2D eigenvalue weighted by Gasteiger charge is 2.26. The Morgan fingerprint density at radius 1 is 0.943 bits per heavy atom. The molecule has 0 aliphatic carbocycles. The van der Waals surface area contributed by atoms with E-state index < -0.39 is 0 Å². The predicted octanol–water partition coefficient (Wildman–Crippen LogP) is 1.25. The molecule has 2 saturated heterocycles. The summed E-state index contributed by atoms with van der Waals surface area (Å²) in [6.07, 6.45) is 3.43. The van der Waals surface area contributed by atoms with E-state index in [4.69, 9.17) is 17.2 Å². The first-order valence-electron chi connectivity index (χ1n) is 11.9. The molecule has 4 heterocycles. The van der Waals surface area contributed by atoms with Crippen LogP contribution in [0.15, 0.2) is 36.4 Å². The van der Waals surface area contributed by atoms with Gasteiger partial charge in [-0.2, -0.15) is 5.10 Å². The maximum atomic E-state index is 10.2. The molecule has 0 bridgehead atoms. The summed E-state index contributed by atoms with van der Waals surface area (Å²) >= 11 is 0. The number of para-hydroxylation sites is 1. The molecule has 11 heteroatoms. The summed E-state index contributed by atoms with van der Waals surface area (Å²) in [4.78, 5) is 4.50. The second-order valence-electron chi connectivity index (χ2n) is 8.95. The number of aromatic nitrogens is 4. The third-order valence-corrected chi connectivity index (χ3v) is 6.73. The maximum absolute atomic E-state index is 10.2. The summed E-state index contributed by atoms with van der Waals surface area (Å²) in [5.41, 5.74) is 20.6. The van der Waals surface area contributed by atoms with Crippen LogP contribution in [0.5, 0.6) is 5.75 Å². The number of aromatic hydroxyl groups is 1. The standard InChI is InChI=1S/C24H32N10O/c25-18(17-3-1-2-4-20(17)35)15-19-23(26)24(27)31-34(19)16-7-11-32(12-8-16)21-5-6-22(30-29-21)33-13-9-28-10-14-33/h1-6,15-16,28,35H,7-14,25-26H2,(H2,27,31)/b18-15-. The zero-order valence-corrected chi connectivity index (χ0v) is 19.6. The lowest BCUT2D eigenvalue weighted by molar-refractivity contribution is 0.365. The van der Waals surface area contributed by atoms with Gasteiger partial charge in [0.1, 0.15) is 11.4 Å². The quantitative estimate of drug-likeness (QED) is 0.362. The van der Waals surface area contributed by atoms with E-state index in [1.165, 1.54) is 0 Å². The highest BCUT2D eigenvalue weighted by molar-refractivity contribution is 5.86. The van der Waals surface area contributed by atoms with Crippen molar-refractivity contribution in [2.75, 3.05) is 60.5 Å². The van der Waals surface area contributed by atoms with Crippen molar-refractivity contribution in [1.82, 2.24) is 25.3 Å². The summed E-state index contributed by atoms with van der Waals surface area (Å²) in [5.74, 6) is 2.19. The second kappa shape index (κ2) is 9.71. The van der Waals surface area contributed by atoms with Gasteiger partial charge in [-0.3, -0.25) is 4.68 Å². The van der Waals surface area contributed by atoms with Crippen LogP contribution in [-0.2, 0) is 0 Å². The molecule has 2 fully saturated rings. The SMILES string of the molecule is N/C(=C\c1c(N)c(N)nn1C1CCN(c2ccc(N3CCNCC3)nn2)CC1)c1ccccc1O. The Morgan fingerprint density at radius 2 is 1.57 bits per heavy atom. The van der Waals surface area contributed by atoms with Gasteiger partial charge in [-0.25, -0.2) is 0 Å². The summed E-state index contributed by atoms with van der Waals surface area (Å²) in [6.45, 7) is 5.44. The van der Waals surface area contributed by atoms with Crippen molar-refractivity contribution in [3.63, 3.8) is 0 Å². The van der Waals surface area contributed by atoms with Crippen LogP contribution in [0.4, 0.5) is 23.1 Å². The number of rotatable bonds is 5. The predicted molar refractivity (Wildman–Crippen MR) is 139 cm³/mol. The summed E-state index contributed by atoms with van der Waals surface area (Å²) in [6, 6.07) is 11.1. The number of nitrogen functional groups attached to an aromatic ring is 2. The third-order valence-electron chi connectivity index (χ3n) is 6.73. The van der Waals surface area contributed by atoms with Gasteiger partial charge in [0.25, 0.3) is 0 Å². The number of nitrogens with two attached hydrogens (primary N) is 3. The molecule has 8 N–H and O–H groups in total. The Kier molecular flexibility index (Phi) is 6.32. The third kappa shape index (κ3) is 4.67. The Labute approximate surface area is 204 Å². The van der Waals surface area contributed by atoms with Crippen molar-refractivity contribution >= 4 is 34.9 Å². The normalized spacial score (nSPS) is 17.7. The van der Waals surface area contributed by atoms with Crippen molar-refractivity contribution in [2.45, 2.75) is 18.9 Å². The van der Waals surface area contributed by atoms with Crippen molar-refractivity contribution < 1.29 is 5.11 Å². The van der Waals surface area contributed by atoms with Crippen LogP contribution in [0.2, 0.25) is 0 Å². The minimum Gasteiger partial charge on any atom is -0.507 e. The molecule has 35 heavy (non-hydrogen) atoms. The first-order chi connectivity index (χ1) is 17.0. The van der Waals surface area contributed by atoms with Crippen LogP contribution >= 0.6 is 0 Å². The topological polar surface area (TPSA) is 160 Å². The van der Waals surface area contributed by atoms with Crippen LogP contribution in [0.25, 0.3) is 11.8 Å². The monoisotopic (exact) mass is 476 g/mol. The largest absolute Gasteiger partial charge is 0.507 e. The molecule has 11 nitrogen and oxygen atoms in total. The number of hydrogen-bond donors (Lipinski definition) is 5. The maximum Gasteiger partial charge on any atom is 0.169 e. The zero-order valence-electron chi connectivity index (χ0n) is 19.6. The number of piperidine rings is 1. The average molecular weight is 477 g/mol. The Bertz CT molecular complexity index is 1190. The fraction of sp³-hybridized carbons (Fsp3) is 0.375. The molecule has 5 rings (SSSR count). The second-order valence-corrected chi connectivity index (χ2v) is 8.95. The number of benzene rings is 1. The van der Waals surface area contributed by atoms with E-state index in [9.17, 15) is 5.11 Å². The molecule has 1 aromatic carbocycles. The molecule has 0 unspecified atom stereocenters. The first-order valence-corrected chi connectivity index (χ1v) is 11.9. The number of piperazine rings is 1. The van der Waals surface area contributed by atoms with Crippen molar-refractivity contribution in [3.05, 3.63) is 47.7 Å². The minimum atomic E-state index is 0.108. The highest BCUT2D eigenvalue weighted by Crippen LogP contribution is 2.33. The van der Waals surface area contributed by atoms with E-state index in [1.807, 2.05) is 10.7 Å². The number of nitrogens with one attached hydrogen (secondary N) is 1. The number of hydrogen-bond acceptors (Lipinski definition) is 10. The van der Waals surface area contributed by atoms with Crippen molar-refractivity contribution in [1.29, 1.82) is 0 Å². The molecule has 0 saturated carbocycles. The van der Waals surface area contributed by atoms with Crippen LogP contribution < -0.4 is 32.3 Å². The lowest BCUT2D eigenvalue weighted by atomic mass is 10.0. The molecular weight excluding hydrogens is 444 g/mol. The van der Waals surface area contributed by atoms with Crippen LogP contribution in [0, 0.1) is 0 Å². The molecule has 0 amide bonds. The smallest absolute Gasteiger partial charge is 0.169 e. The molecular formula is C24H32N10O. The molecule has 0 spiro atoms. The van der Waals surface area contributed by atoms with E-state index in [1.54, 1.807) is 24.3 Å². The molecule has 2 aliphatic heterocycles. The number of nitrogens with zero attached hydrogens (tertiary/aromatic N) is 6. The van der Waals surface area contributed by atoms with Crippen LogP contribution in [0.1, 0.15) is 30.1 Å². The zero-order chi connectivity index (χ0) is 24.4. The van der Waals surface area contributed by atoms with Gasteiger partial charge in [0, 0.05) is 50.5 Å². The summed E-state index contributed by atoms with van der Waals surface area (Å²) in [7, 11) is 0. The first kappa shape index (κ1) is 22.8. The Balaban J connectivity index is 1.29. The van der Waals surface area contributed by atoms with Crippen molar-refractivity contribution in [2.24, 2.45) is 5.73 Å². The minimum absolute atomic E-state index is 0.108. The van der Waals surface area contributed by atoms with Gasteiger partial charge in [0.15, 0.2) is 17.5 Å². The molecule has 0 radical (unpaired) electrons. The Hall–Kier alpha value is -3.99. The van der Waals surface area contributed by atoms with E-state index in [0.29, 0.717) is 22.6 Å². The number of phenols is 1. The van der Waals surface area contributed by atoms with E-state index >= 15 is 0 Å². The van der Waals surface area contributed by atoms with E-state index in [-0.39, 0.29) is 17.6 Å². The fourth-order valence-electron chi connectivity index (χ4n) is 4.73. The fourth-order valence-corrected chi connectivity index (χ4v) is 4.73. The van der Waals surface area contributed by atoms with E-state index in [2.05, 4.69) is 42.5 Å². The average Bonchev–Trinajstić information content (AvgIpc) is 3.18.